The average Bonchev–Trinajstić information content (AvgIpc) is 2.16. The van der Waals surface area contributed by atoms with Gasteiger partial charge >= 0.3 is 0 Å². The van der Waals surface area contributed by atoms with E-state index < -0.39 is 9.05 Å². The summed E-state index contributed by atoms with van der Waals surface area (Å²) in [5.74, 6) is 0. The minimum absolute atomic E-state index is 0.147. The minimum Gasteiger partial charge on any atom is -0.223 e. The third-order valence-corrected chi connectivity index (χ3v) is 4.05. The van der Waals surface area contributed by atoms with Crippen LogP contribution in [0.25, 0.3) is 0 Å². The summed E-state index contributed by atoms with van der Waals surface area (Å²) in [4.78, 5) is 1.13. The second-order valence-corrected chi connectivity index (χ2v) is 6.19. The Bertz CT molecular complexity index is 496. The van der Waals surface area contributed by atoms with Gasteiger partial charge in [-0.3, -0.25) is 0 Å². The van der Waals surface area contributed by atoms with E-state index in [1.807, 2.05) is 0 Å². The summed E-state index contributed by atoms with van der Waals surface area (Å²) in [5.41, 5.74) is 0.951. The second kappa shape index (κ2) is 3.56. The van der Waals surface area contributed by atoms with Crippen LogP contribution in [0.3, 0.4) is 0 Å². The Morgan fingerprint density at radius 2 is 2.21 bits per heavy atom. The fourth-order valence-electron chi connectivity index (χ4n) is 1.19. The van der Waals surface area contributed by atoms with Gasteiger partial charge in [-0.25, -0.2) is 12.8 Å². The highest BCUT2D eigenvalue weighted by atomic mass is 35.7. The van der Waals surface area contributed by atoms with Crippen LogP contribution >= 0.6 is 22.6 Å². The first-order chi connectivity index (χ1) is 6.57. The van der Waals surface area contributed by atoms with Crippen LogP contribution in [0.5, 0.6) is 0 Å². The quantitative estimate of drug-likeness (QED) is 0.565. The normalized spacial score (nSPS) is 15.2. The van der Waals surface area contributed by atoms with Gasteiger partial charge in [0.05, 0.1) is 4.90 Å². The van der Waals surface area contributed by atoms with Crippen LogP contribution in [0, 0.1) is 0 Å². The highest BCUT2D eigenvalue weighted by molar-refractivity contribution is 8.13. The first kappa shape index (κ1) is 10.0. The fraction of sp³-hybridized carbons (Fsp3) is 0.125. The molecule has 1 heterocycles. The molecule has 0 aliphatic carbocycles. The predicted octanol–water partition coefficient (Wildman–Crippen LogP) is 2.25. The van der Waals surface area contributed by atoms with E-state index in [1.54, 1.807) is 18.3 Å². The van der Waals surface area contributed by atoms with Crippen molar-refractivity contribution in [3.63, 3.8) is 0 Å². The van der Waals surface area contributed by atoms with Crippen LogP contribution in [0.1, 0.15) is 5.56 Å². The number of hydrogen-bond donors (Lipinski definition) is 0. The van der Waals surface area contributed by atoms with Crippen molar-refractivity contribution < 1.29 is 8.42 Å². The maximum atomic E-state index is 11.0. The Morgan fingerprint density at radius 1 is 1.43 bits per heavy atom. The minimum atomic E-state index is -3.62. The average molecular weight is 248 g/mol. The Labute approximate surface area is 90.7 Å². The molecule has 74 valence electrons. The third-order valence-electron chi connectivity index (χ3n) is 1.85. The SMILES string of the molecule is O=S(=O)(Cl)c1ccc2c(c1)CC=NS2. The lowest BCUT2D eigenvalue weighted by molar-refractivity contribution is 0.609. The van der Waals surface area contributed by atoms with Crippen LogP contribution in [-0.2, 0) is 15.5 Å². The lowest BCUT2D eigenvalue weighted by Crippen LogP contribution is -1.98. The molecule has 0 radical (unpaired) electrons. The van der Waals surface area contributed by atoms with E-state index >= 15 is 0 Å². The summed E-state index contributed by atoms with van der Waals surface area (Å²) in [7, 11) is 1.61. The molecule has 3 nitrogen and oxygen atoms in total. The monoisotopic (exact) mass is 247 g/mol. The topological polar surface area (TPSA) is 46.5 Å². The number of halogens is 1. The van der Waals surface area contributed by atoms with Crippen LogP contribution in [0.2, 0.25) is 0 Å². The lowest BCUT2D eigenvalue weighted by atomic mass is 10.2. The molecule has 0 saturated carbocycles. The zero-order valence-electron chi connectivity index (χ0n) is 6.97. The summed E-state index contributed by atoms with van der Waals surface area (Å²) >= 11 is 1.34. The van der Waals surface area contributed by atoms with Crippen LogP contribution in [-0.4, -0.2) is 14.6 Å². The Balaban J connectivity index is 2.52. The van der Waals surface area contributed by atoms with Gasteiger partial charge in [0.2, 0.25) is 0 Å². The Hall–Kier alpha value is -0.520. The van der Waals surface area contributed by atoms with Crippen LogP contribution in [0.15, 0.2) is 32.4 Å². The van der Waals surface area contributed by atoms with E-state index in [0.717, 1.165) is 10.5 Å². The molecule has 6 heteroatoms. The number of rotatable bonds is 1. The van der Waals surface area contributed by atoms with Crippen molar-refractivity contribution in [2.24, 2.45) is 4.40 Å². The van der Waals surface area contributed by atoms with Crippen molar-refractivity contribution in [2.75, 3.05) is 0 Å². The molecule has 0 bridgehead atoms. The standard InChI is InChI=1S/C8H6ClNO2S2/c9-14(11,12)7-1-2-8-6(5-7)3-4-10-13-8/h1-2,4-5H,3H2. The maximum absolute atomic E-state index is 11.0. The molecule has 0 N–H and O–H groups in total. The van der Waals surface area contributed by atoms with Crippen molar-refractivity contribution in [3.8, 4) is 0 Å². The smallest absolute Gasteiger partial charge is 0.223 e. The van der Waals surface area contributed by atoms with Gasteiger partial charge in [-0.1, -0.05) is 0 Å². The van der Waals surface area contributed by atoms with Gasteiger partial charge in [0.25, 0.3) is 9.05 Å². The van der Waals surface area contributed by atoms with E-state index in [4.69, 9.17) is 10.7 Å². The van der Waals surface area contributed by atoms with E-state index in [2.05, 4.69) is 4.40 Å². The van der Waals surface area contributed by atoms with Crippen molar-refractivity contribution in [1.82, 2.24) is 0 Å². The molecule has 1 aromatic carbocycles. The fourth-order valence-corrected chi connectivity index (χ4v) is 2.64. The van der Waals surface area contributed by atoms with Crippen molar-refractivity contribution in [3.05, 3.63) is 23.8 Å². The molecule has 0 spiro atoms. The molecule has 0 amide bonds. The number of benzene rings is 1. The molecular weight excluding hydrogens is 242 g/mol. The van der Waals surface area contributed by atoms with Crippen molar-refractivity contribution in [2.45, 2.75) is 16.2 Å². The zero-order valence-corrected chi connectivity index (χ0v) is 9.36. The molecule has 0 saturated heterocycles. The summed E-state index contributed by atoms with van der Waals surface area (Å²) in [6, 6.07) is 4.82. The van der Waals surface area contributed by atoms with Crippen LogP contribution < -0.4 is 0 Å². The van der Waals surface area contributed by atoms with Gasteiger partial charge in [0.15, 0.2) is 0 Å². The molecule has 0 atom stereocenters. The predicted molar refractivity (Wildman–Crippen MR) is 57.5 cm³/mol. The maximum Gasteiger partial charge on any atom is 0.261 e. The van der Waals surface area contributed by atoms with E-state index in [-0.39, 0.29) is 4.90 Å². The summed E-state index contributed by atoms with van der Waals surface area (Å²) < 4.78 is 26.1. The van der Waals surface area contributed by atoms with E-state index in [0.29, 0.717) is 6.42 Å². The molecule has 0 aromatic heterocycles. The molecule has 1 aromatic rings. The Morgan fingerprint density at radius 3 is 2.93 bits per heavy atom. The molecule has 2 rings (SSSR count). The molecular formula is C8H6ClNO2S2. The van der Waals surface area contributed by atoms with Crippen molar-refractivity contribution in [1.29, 1.82) is 0 Å². The number of nitrogens with zero attached hydrogens (tertiary/aromatic N) is 1. The first-order valence-electron chi connectivity index (χ1n) is 3.84. The number of fused-ring (bicyclic) bond motifs is 1. The van der Waals surface area contributed by atoms with Gasteiger partial charge in [-0.2, -0.15) is 0 Å². The van der Waals surface area contributed by atoms with Gasteiger partial charge in [0.1, 0.15) is 0 Å². The Kier molecular flexibility index (Phi) is 2.55. The number of hydrogen-bond acceptors (Lipinski definition) is 4. The molecule has 14 heavy (non-hydrogen) atoms. The highest BCUT2D eigenvalue weighted by Gasteiger charge is 2.14. The second-order valence-electron chi connectivity index (χ2n) is 2.79. The van der Waals surface area contributed by atoms with E-state index in [1.165, 1.54) is 18.0 Å². The molecule has 1 aliphatic rings. The zero-order chi connectivity index (χ0) is 10.2. The molecule has 0 unspecified atom stereocenters. The lowest BCUT2D eigenvalue weighted by Gasteiger charge is -2.09. The van der Waals surface area contributed by atoms with Gasteiger partial charge < -0.3 is 0 Å². The van der Waals surface area contributed by atoms with Gasteiger partial charge in [-0.05, 0) is 23.8 Å². The largest absolute Gasteiger partial charge is 0.261 e. The highest BCUT2D eigenvalue weighted by Crippen LogP contribution is 2.29. The summed E-state index contributed by atoms with van der Waals surface area (Å²) in [5, 5.41) is 0. The molecule has 1 aliphatic heterocycles. The van der Waals surface area contributed by atoms with Gasteiger partial charge in [-0.15, -0.1) is 0 Å². The van der Waals surface area contributed by atoms with Crippen molar-refractivity contribution >= 4 is 37.9 Å². The molecule has 0 fully saturated rings. The van der Waals surface area contributed by atoms with Gasteiger partial charge in [0, 0.05) is 40.2 Å². The first-order valence-corrected chi connectivity index (χ1v) is 6.92. The summed E-state index contributed by atoms with van der Waals surface area (Å²) in [6.07, 6.45) is 2.40. The summed E-state index contributed by atoms with van der Waals surface area (Å²) in [6.45, 7) is 0. The van der Waals surface area contributed by atoms with Crippen LogP contribution in [0.4, 0.5) is 0 Å². The van der Waals surface area contributed by atoms with E-state index in [9.17, 15) is 8.42 Å². The third kappa shape index (κ3) is 1.94.